The van der Waals surface area contributed by atoms with Crippen molar-refractivity contribution in [2.45, 2.75) is 37.8 Å². The van der Waals surface area contributed by atoms with Crippen molar-refractivity contribution in [3.8, 4) is 11.1 Å². The number of carbonyl (C=O) groups is 3. The quantitative estimate of drug-likeness (QED) is 0.438. The number of hydrogen-bond acceptors (Lipinski definition) is 5. The fraction of sp³-hybridized carbons (Fsp3) is 0.269. The lowest BCUT2D eigenvalue weighted by Crippen LogP contribution is -2.47. The summed E-state index contributed by atoms with van der Waals surface area (Å²) < 4.78 is 10.8. The SMILES string of the molecule is C[C@H](NC(=O)C(CCC(=O)O)NC(=O)OCC1c2ccccc2-c2ccccc21)c1ccco1. The molecule has 3 N–H and O–H groups in total. The van der Waals surface area contributed by atoms with Crippen molar-refractivity contribution in [3.63, 3.8) is 0 Å². The van der Waals surface area contributed by atoms with E-state index < -0.39 is 30.1 Å². The number of fused-ring (bicyclic) bond motifs is 3. The van der Waals surface area contributed by atoms with Gasteiger partial charge in [0.1, 0.15) is 18.4 Å². The smallest absolute Gasteiger partial charge is 0.407 e. The lowest BCUT2D eigenvalue weighted by atomic mass is 9.98. The largest absolute Gasteiger partial charge is 0.481 e. The molecule has 0 fully saturated rings. The molecule has 4 rings (SSSR count). The van der Waals surface area contributed by atoms with E-state index in [2.05, 4.69) is 10.6 Å². The molecule has 1 heterocycles. The van der Waals surface area contributed by atoms with Crippen LogP contribution < -0.4 is 10.6 Å². The minimum Gasteiger partial charge on any atom is -0.481 e. The third-order valence-corrected chi connectivity index (χ3v) is 5.93. The van der Waals surface area contributed by atoms with E-state index in [4.69, 9.17) is 14.3 Å². The van der Waals surface area contributed by atoms with E-state index in [0.29, 0.717) is 5.76 Å². The first-order valence-electron chi connectivity index (χ1n) is 11.1. The molecule has 1 aliphatic rings. The van der Waals surface area contributed by atoms with Gasteiger partial charge < -0.3 is 24.9 Å². The first kappa shape index (κ1) is 23.1. The number of ether oxygens (including phenoxy) is 1. The second-order valence-corrected chi connectivity index (χ2v) is 8.20. The van der Waals surface area contributed by atoms with Crippen LogP contribution in [0.5, 0.6) is 0 Å². The van der Waals surface area contributed by atoms with Crippen molar-refractivity contribution < 1.29 is 28.6 Å². The highest BCUT2D eigenvalue weighted by atomic mass is 16.5. The lowest BCUT2D eigenvalue weighted by Gasteiger charge is -2.21. The van der Waals surface area contributed by atoms with Gasteiger partial charge in [0.2, 0.25) is 5.91 Å². The average molecular weight is 463 g/mol. The summed E-state index contributed by atoms with van der Waals surface area (Å²) in [6, 6.07) is 17.9. The second-order valence-electron chi connectivity index (χ2n) is 8.20. The van der Waals surface area contributed by atoms with Crippen LogP contribution in [0.2, 0.25) is 0 Å². The molecule has 176 valence electrons. The lowest BCUT2D eigenvalue weighted by molar-refractivity contribution is -0.137. The van der Waals surface area contributed by atoms with E-state index in [9.17, 15) is 14.4 Å². The minimum absolute atomic E-state index is 0.0732. The zero-order chi connectivity index (χ0) is 24.1. The predicted octanol–water partition coefficient (Wildman–Crippen LogP) is 4.23. The third-order valence-electron chi connectivity index (χ3n) is 5.93. The van der Waals surface area contributed by atoms with Gasteiger partial charge in [-0.25, -0.2) is 4.79 Å². The highest BCUT2D eigenvalue weighted by Crippen LogP contribution is 2.44. The monoisotopic (exact) mass is 462 g/mol. The summed E-state index contributed by atoms with van der Waals surface area (Å²) in [6.07, 6.45) is 0.361. The Morgan fingerprint density at radius 2 is 1.62 bits per heavy atom. The van der Waals surface area contributed by atoms with Crippen molar-refractivity contribution in [1.82, 2.24) is 10.6 Å². The summed E-state index contributed by atoms with van der Waals surface area (Å²) in [6.45, 7) is 1.83. The summed E-state index contributed by atoms with van der Waals surface area (Å²) in [7, 11) is 0. The van der Waals surface area contributed by atoms with Gasteiger partial charge in [0, 0.05) is 12.3 Å². The molecule has 1 unspecified atom stereocenters. The maximum atomic E-state index is 12.8. The van der Waals surface area contributed by atoms with Crippen LogP contribution in [0.3, 0.4) is 0 Å². The highest BCUT2D eigenvalue weighted by Gasteiger charge is 2.30. The molecule has 0 radical (unpaired) electrons. The molecule has 2 aromatic carbocycles. The first-order valence-corrected chi connectivity index (χ1v) is 11.1. The number of amides is 2. The Morgan fingerprint density at radius 1 is 0.971 bits per heavy atom. The maximum Gasteiger partial charge on any atom is 0.407 e. The van der Waals surface area contributed by atoms with Crippen molar-refractivity contribution in [2.24, 2.45) is 0 Å². The van der Waals surface area contributed by atoms with Gasteiger partial charge in [-0.3, -0.25) is 9.59 Å². The van der Waals surface area contributed by atoms with E-state index >= 15 is 0 Å². The molecule has 0 saturated heterocycles. The number of benzene rings is 2. The van der Waals surface area contributed by atoms with Crippen LogP contribution in [0.4, 0.5) is 4.79 Å². The number of carbonyl (C=O) groups excluding carboxylic acids is 2. The van der Waals surface area contributed by atoms with Crippen molar-refractivity contribution in [3.05, 3.63) is 83.8 Å². The molecule has 0 aliphatic heterocycles. The minimum atomic E-state index is -1.07. The van der Waals surface area contributed by atoms with Crippen molar-refractivity contribution in [2.75, 3.05) is 6.61 Å². The fourth-order valence-corrected chi connectivity index (χ4v) is 4.24. The number of furan rings is 1. The molecule has 1 aliphatic carbocycles. The van der Waals surface area contributed by atoms with Gasteiger partial charge in [-0.05, 0) is 47.7 Å². The number of alkyl carbamates (subject to hydrolysis) is 1. The van der Waals surface area contributed by atoms with E-state index in [1.54, 1.807) is 19.1 Å². The second kappa shape index (κ2) is 10.2. The summed E-state index contributed by atoms with van der Waals surface area (Å²) in [5.41, 5.74) is 4.36. The van der Waals surface area contributed by atoms with Crippen molar-refractivity contribution >= 4 is 18.0 Å². The van der Waals surface area contributed by atoms with E-state index in [1.165, 1.54) is 6.26 Å². The maximum absolute atomic E-state index is 12.8. The number of hydrogen-bond donors (Lipinski definition) is 3. The number of carboxylic acid groups (broad SMARTS) is 1. The fourth-order valence-electron chi connectivity index (χ4n) is 4.24. The summed E-state index contributed by atoms with van der Waals surface area (Å²) in [5.74, 6) is -1.15. The summed E-state index contributed by atoms with van der Waals surface area (Å²) in [5, 5.41) is 14.3. The number of rotatable bonds is 9. The van der Waals surface area contributed by atoms with Crippen LogP contribution in [0, 0.1) is 0 Å². The van der Waals surface area contributed by atoms with E-state index in [0.717, 1.165) is 22.3 Å². The van der Waals surface area contributed by atoms with Gasteiger partial charge in [0.05, 0.1) is 12.3 Å². The molecule has 0 bridgehead atoms. The van der Waals surface area contributed by atoms with Crippen LogP contribution in [0.25, 0.3) is 11.1 Å². The third kappa shape index (κ3) is 5.11. The van der Waals surface area contributed by atoms with Gasteiger partial charge in [-0.15, -0.1) is 0 Å². The number of nitrogens with one attached hydrogen (secondary N) is 2. The molecule has 0 spiro atoms. The first-order chi connectivity index (χ1) is 16.4. The van der Waals surface area contributed by atoms with Crippen LogP contribution >= 0.6 is 0 Å². The summed E-state index contributed by atoms with van der Waals surface area (Å²) in [4.78, 5) is 36.5. The van der Waals surface area contributed by atoms with E-state index in [1.807, 2.05) is 48.5 Å². The Morgan fingerprint density at radius 3 is 2.21 bits per heavy atom. The standard InChI is InChI=1S/C26H26N2O6/c1-16(23-11-6-14-33-23)27-25(31)22(12-13-24(29)30)28-26(32)34-15-21-19-9-4-2-7-17(19)18-8-3-5-10-20(18)21/h2-11,14,16,21-22H,12-13,15H2,1H3,(H,27,31)(H,28,32)(H,29,30)/t16-,22?/m0/s1. The Labute approximate surface area is 196 Å². The molecule has 2 atom stereocenters. The summed E-state index contributed by atoms with van der Waals surface area (Å²) >= 11 is 0. The van der Waals surface area contributed by atoms with Gasteiger partial charge in [0.25, 0.3) is 0 Å². The Kier molecular flexibility index (Phi) is 6.96. The normalized spacial score (nSPS) is 13.9. The Balaban J connectivity index is 1.41. The van der Waals surface area contributed by atoms with Gasteiger partial charge in [-0.1, -0.05) is 48.5 Å². The molecular formula is C26H26N2O6. The van der Waals surface area contributed by atoms with Crippen molar-refractivity contribution in [1.29, 1.82) is 0 Å². The van der Waals surface area contributed by atoms with Crippen LogP contribution in [0.1, 0.15) is 48.6 Å². The number of aliphatic carboxylic acids is 1. The molecule has 2 amide bonds. The zero-order valence-corrected chi connectivity index (χ0v) is 18.7. The highest BCUT2D eigenvalue weighted by molar-refractivity contribution is 5.86. The van der Waals surface area contributed by atoms with Crippen LogP contribution in [-0.4, -0.2) is 35.7 Å². The molecule has 0 saturated carbocycles. The average Bonchev–Trinajstić information content (AvgIpc) is 3.47. The molecule has 8 nitrogen and oxygen atoms in total. The van der Waals surface area contributed by atoms with E-state index in [-0.39, 0.29) is 25.4 Å². The molecule has 1 aromatic heterocycles. The Hall–Kier alpha value is -4.07. The molecule has 34 heavy (non-hydrogen) atoms. The zero-order valence-electron chi connectivity index (χ0n) is 18.7. The predicted molar refractivity (Wildman–Crippen MR) is 124 cm³/mol. The van der Waals surface area contributed by atoms with Crippen LogP contribution in [-0.2, 0) is 14.3 Å². The number of carboxylic acids is 1. The molecule has 8 heteroatoms. The van der Waals surface area contributed by atoms with Gasteiger partial charge in [-0.2, -0.15) is 0 Å². The topological polar surface area (TPSA) is 118 Å². The molecular weight excluding hydrogens is 436 g/mol. The van der Waals surface area contributed by atoms with Gasteiger partial charge in [0.15, 0.2) is 0 Å². The Bertz CT molecular complexity index is 1130. The molecule has 3 aromatic rings. The van der Waals surface area contributed by atoms with Gasteiger partial charge >= 0.3 is 12.1 Å². The van der Waals surface area contributed by atoms with Crippen LogP contribution in [0.15, 0.2) is 71.3 Å².